The molecule has 6 heteroatoms. The van der Waals surface area contributed by atoms with Gasteiger partial charge in [0.1, 0.15) is 5.58 Å². The Morgan fingerprint density at radius 2 is 1.92 bits per heavy atom. The maximum atomic E-state index is 12.3. The van der Waals surface area contributed by atoms with Crippen molar-refractivity contribution in [2.24, 2.45) is 0 Å². The van der Waals surface area contributed by atoms with Gasteiger partial charge in [-0.2, -0.15) is 8.78 Å². The third kappa shape index (κ3) is 3.85. The maximum absolute atomic E-state index is 12.3. The van der Waals surface area contributed by atoms with Crippen LogP contribution >= 0.6 is 0 Å². The predicted octanol–water partition coefficient (Wildman–Crippen LogP) is 4.94. The number of carbonyl (C=O) groups is 1. The van der Waals surface area contributed by atoms with Gasteiger partial charge in [-0.25, -0.2) is 0 Å². The van der Waals surface area contributed by atoms with Gasteiger partial charge in [-0.3, -0.25) is 4.79 Å². The summed E-state index contributed by atoms with van der Waals surface area (Å²) >= 11 is 0. The van der Waals surface area contributed by atoms with Crippen LogP contribution in [0.25, 0.3) is 17.0 Å². The summed E-state index contributed by atoms with van der Waals surface area (Å²) in [5.41, 5.74) is 1.23. The van der Waals surface area contributed by atoms with Gasteiger partial charge in [-0.05, 0) is 35.9 Å². The quantitative estimate of drug-likeness (QED) is 0.469. The second kappa shape index (κ2) is 7.17. The van der Waals surface area contributed by atoms with Gasteiger partial charge in [0.25, 0.3) is 0 Å². The molecule has 1 heterocycles. The molecule has 0 spiro atoms. The fraction of sp³-hybridized carbons (Fsp3) is 0.105. The Morgan fingerprint density at radius 1 is 1.12 bits per heavy atom. The first-order valence-corrected chi connectivity index (χ1v) is 7.40. The molecule has 128 valence electrons. The van der Waals surface area contributed by atoms with Crippen LogP contribution in [0.2, 0.25) is 0 Å². The van der Waals surface area contributed by atoms with E-state index in [9.17, 15) is 13.6 Å². The van der Waals surface area contributed by atoms with Crippen molar-refractivity contribution >= 4 is 22.8 Å². The monoisotopic (exact) mass is 344 g/mol. The molecule has 0 N–H and O–H groups in total. The normalized spacial score (nSPS) is 11.4. The number of methoxy groups -OCH3 is 1. The number of ether oxygens (including phenoxy) is 2. The highest BCUT2D eigenvalue weighted by Gasteiger charge is 2.11. The molecule has 1 aromatic heterocycles. The molecule has 0 amide bonds. The summed E-state index contributed by atoms with van der Waals surface area (Å²) in [6, 6.07) is 13.4. The van der Waals surface area contributed by atoms with Crippen molar-refractivity contribution in [1.29, 1.82) is 0 Å². The van der Waals surface area contributed by atoms with Crippen molar-refractivity contribution in [2.45, 2.75) is 6.61 Å². The second-order valence-corrected chi connectivity index (χ2v) is 5.13. The van der Waals surface area contributed by atoms with Gasteiger partial charge in [0.2, 0.25) is 5.78 Å². The minimum Gasteiger partial charge on any atom is -0.493 e. The predicted molar refractivity (Wildman–Crippen MR) is 89.2 cm³/mol. The van der Waals surface area contributed by atoms with Crippen LogP contribution in [-0.4, -0.2) is 19.5 Å². The first kappa shape index (κ1) is 16.7. The zero-order valence-electron chi connectivity index (χ0n) is 13.2. The minimum absolute atomic E-state index is 0.0711. The molecule has 0 bridgehead atoms. The van der Waals surface area contributed by atoms with Gasteiger partial charge in [0.15, 0.2) is 17.3 Å². The van der Waals surface area contributed by atoms with Crippen molar-refractivity contribution in [3.8, 4) is 11.5 Å². The number of para-hydroxylation sites is 1. The number of halogens is 2. The first-order valence-electron chi connectivity index (χ1n) is 7.40. The molecule has 0 radical (unpaired) electrons. The molecule has 2 aromatic carbocycles. The van der Waals surface area contributed by atoms with E-state index >= 15 is 0 Å². The third-order valence-corrected chi connectivity index (χ3v) is 3.50. The van der Waals surface area contributed by atoms with E-state index in [4.69, 9.17) is 9.15 Å². The van der Waals surface area contributed by atoms with Gasteiger partial charge in [-0.1, -0.05) is 30.3 Å². The molecule has 0 saturated carbocycles. The van der Waals surface area contributed by atoms with Crippen LogP contribution in [0.3, 0.4) is 0 Å². The topological polar surface area (TPSA) is 48.7 Å². The third-order valence-electron chi connectivity index (χ3n) is 3.50. The van der Waals surface area contributed by atoms with E-state index in [1.165, 1.54) is 25.3 Å². The zero-order chi connectivity index (χ0) is 17.8. The number of alkyl halides is 2. The van der Waals surface area contributed by atoms with Gasteiger partial charge in [-0.15, -0.1) is 0 Å². The van der Waals surface area contributed by atoms with E-state index in [1.54, 1.807) is 24.3 Å². The minimum atomic E-state index is -2.94. The Hall–Kier alpha value is -3.15. The van der Waals surface area contributed by atoms with Crippen LogP contribution in [0.5, 0.6) is 11.5 Å². The van der Waals surface area contributed by atoms with Gasteiger partial charge >= 0.3 is 6.61 Å². The SMILES string of the molecule is COc1cc(/C=C/C(=O)c2cc3ccccc3o2)ccc1OC(F)F. The van der Waals surface area contributed by atoms with Crippen LogP contribution in [0.4, 0.5) is 8.78 Å². The maximum Gasteiger partial charge on any atom is 0.387 e. The number of ketones is 1. The number of hydrogen-bond donors (Lipinski definition) is 0. The van der Waals surface area contributed by atoms with Crippen LogP contribution in [-0.2, 0) is 0 Å². The molecule has 3 rings (SSSR count). The summed E-state index contributed by atoms with van der Waals surface area (Å²) in [4.78, 5) is 12.2. The lowest BCUT2D eigenvalue weighted by Crippen LogP contribution is -2.03. The van der Waals surface area contributed by atoms with E-state index in [1.807, 2.05) is 18.2 Å². The first-order chi connectivity index (χ1) is 12.1. The highest BCUT2D eigenvalue weighted by molar-refractivity contribution is 6.06. The summed E-state index contributed by atoms with van der Waals surface area (Å²) in [5, 5.41) is 0.842. The summed E-state index contributed by atoms with van der Waals surface area (Å²) < 4.78 is 39.5. The molecule has 0 fully saturated rings. The number of carbonyl (C=O) groups excluding carboxylic acids is 1. The average Bonchev–Trinajstić information content (AvgIpc) is 3.04. The molecule has 25 heavy (non-hydrogen) atoms. The summed E-state index contributed by atoms with van der Waals surface area (Å²) in [5.74, 6) is 0.00189. The molecule has 0 atom stereocenters. The molecular formula is C19H14F2O4. The van der Waals surface area contributed by atoms with Crippen molar-refractivity contribution in [2.75, 3.05) is 7.11 Å². The zero-order valence-corrected chi connectivity index (χ0v) is 13.2. The number of fused-ring (bicyclic) bond motifs is 1. The van der Waals surface area contributed by atoms with E-state index < -0.39 is 6.61 Å². The number of hydrogen-bond acceptors (Lipinski definition) is 4. The lowest BCUT2D eigenvalue weighted by atomic mass is 10.1. The number of benzene rings is 2. The highest BCUT2D eigenvalue weighted by Crippen LogP contribution is 2.30. The van der Waals surface area contributed by atoms with E-state index in [0.29, 0.717) is 11.1 Å². The molecule has 0 aliphatic heterocycles. The Kier molecular flexibility index (Phi) is 4.79. The lowest BCUT2D eigenvalue weighted by molar-refractivity contribution is -0.0512. The highest BCUT2D eigenvalue weighted by atomic mass is 19.3. The molecule has 0 aliphatic carbocycles. The Morgan fingerprint density at radius 3 is 2.64 bits per heavy atom. The fourth-order valence-corrected chi connectivity index (χ4v) is 2.34. The number of rotatable bonds is 6. The lowest BCUT2D eigenvalue weighted by Gasteiger charge is -2.10. The van der Waals surface area contributed by atoms with E-state index in [2.05, 4.69) is 4.74 Å². The number of furan rings is 1. The van der Waals surface area contributed by atoms with Crippen molar-refractivity contribution < 1.29 is 27.5 Å². The molecule has 0 unspecified atom stereocenters. The molecule has 4 nitrogen and oxygen atoms in total. The van der Waals surface area contributed by atoms with Gasteiger partial charge in [0, 0.05) is 5.39 Å². The summed E-state index contributed by atoms with van der Waals surface area (Å²) in [7, 11) is 1.35. The van der Waals surface area contributed by atoms with Crippen molar-refractivity contribution in [1.82, 2.24) is 0 Å². The number of allylic oxidation sites excluding steroid dienone is 1. The Balaban J connectivity index is 1.79. The summed E-state index contributed by atoms with van der Waals surface area (Å²) in [6.45, 7) is -2.94. The van der Waals surface area contributed by atoms with Crippen LogP contribution in [0.15, 0.2) is 59.0 Å². The average molecular weight is 344 g/mol. The van der Waals surface area contributed by atoms with Gasteiger partial charge in [0.05, 0.1) is 7.11 Å². The molecular weight excluding hydrogens is 330 g/mol. The Labute approximate surface area is 142 Å². The largest absolute Gasteiger partial charge is 0.493 e. The van der Waals surface area contributed by atoms with Crippen molar-refractivity contribution in [3.63, 3.8) is 0 Å². The van der Waals surface area contributed by atoms with Crippen LogP contribution in [0.1, 0.15) is 16.1 Å². The summed E-state index contributed by atoms with van der Waals surface area (Å²) in [6.07, 6.45) is 2.89. The van der Waals surface area contributed by atoms with Crippen LogP contribution < -0.4 is 9.47 Å². The molecule has 3 aromatic rings. The molecule has 0 saturated heterocycles. The van der Waals surface area contributed by atoms with Crippen molar-refractivity contribution in [3.05, 3.63) is 65.9 Å². The molecule has 0 aliphatic rings. The standard InChI is InChI=1S/C19H14F2O4/c1-23-18-10-12(7-9-16(18)25-19(20)21)6-8-14(22)17-11-13-4-2-3-5-15(13)24-17/h2-11,19H,1H3/b8-6+. The van der Waals surface area contributed by atoms with E-state index in [0.717, 1.165) is 5.39 Å². The van der Waals surface area contributed by atoms with E-state index in [-0.39, 0.29) is 23.0 Å². The smallest absolute Gasteiger partial charge is 0.387 e. The second-order valence-electron chi connectivity index (χ2n) is 5.13. The van der Waals surface area contributed by atoms with Crippen LogP contribution in [0, 0.1) is 0 Å². The fourth-order valence-electron chi connectivity index (χ4n) is 2.34. The Bertz CT molecular complexity index is 895. The van der Waals surface area contributed by atoms with Gasteiger partial charge < -0.3 is 13.9 Å².